The van der Waals surface area contributed by atoms with Gasteiger partial charge in [0.25, 0.3) is 10.0 Å². The number of hydrogen-bond donors (Lipinski definition) is 2. The van der Waals surface area contributed by atoms with E-state index in [9.17, 15) is 8.42 Å². The molecule has 0 unspecified atom stereocenters. The minimum Gasteiger partial charge on any atom is -0.352 e. The van der Waals surface area contributed by atoms with Gasteiger partial charge in [-0.25, -0.2) is 8.42 Å². The molecule has 1 aliphatic heterocycles. The number of aromatic nitrogens is 3. The van der Waals surface area contributed by atoms with Crippen molar-refractivity contribution in [1.82, 2.24) is 29.5 Å². The number of rotatable bonds is 6. The third-order valence-corrected chi connectivity index (χ3v) is 8.45. The van der Waals surface area contributed by atoms with Crippen LogP contribution < -0.4 is 10.6 Å². The maximum atomic E-state index is 12.8. The second-order valence-corrected chi connectivity index (χ2v) is 10.3. The van der Waals surface area contributed by atoms with Crippen LogP contribution in [0.3, 0.4) is 0 Å². The molecule has 9 nitrogen and oxygen atoms in total. The van der Waals surface area contributed by atoms with Crippen LogP contribution in [0.15, 0.2) is 45.7 Å². The molecule has 0 saturated carbocycles. The predicted molar refractivity (Wildman–Crippen MR) is 117 cm³/mol. The highest BCUT2D eigenvalue weighted by Gasteiger charge is 2.27. The van der Waals surface area contributed by atoms with Crippen LogP contribution in [-0.2, 0) is 23.1 Å². The summed E-state index contributed by atoms with van der Waals surface area (Å²) in [6, 6.07) is 9.30. The summed E-state index contributed by atoms with van der Waals surface area (Å²) >= 11 is 1.30. The molecule has 0 radical (unpaired) electrons. The molecule has 1 aliphatic rings. The van der Waals surface area contributed by atoms with E-state index in [1.807, 2.05) is 34.9 Å². The molecule has 3 aromatic heterocycles. The standard InChI is InChI=1S/C19H25N7O2S2/c1-20-19(22-14-17-24-23-16-7-3-6-12-26(16)17)21-13-15-8-9-18(29-15)30(27,28)25-10-4-2-5-11-25/h3,6-9,12H,2,4-5,10-11,13-14H2,1H3,(H2,20,21,22). The number of fused-ring (bicyclic) bond motifs is 1. The molecule has 0 spiro atoms. The number of hydrogen-bond acceptors (Lipinski definition) is 6. The molecule has 3 aromatic rings. The molecule has 1 saturated heterocycles. The molecule has 4 heterocycles. The summed E-state index contributed by atoms with van der Waals surface area (Å²) in [5.41, 5.74) is 0.790. The first kappa shape index (κ1) is 20.8. The molecule has 0 atom stereocenters. The quantitative estimate of drug-likeness (QED) is 0.441. The molecule has 11 heteroatoms. The summed E-state index contributed by atoms with van der Waals surface area (Å²) in [6.07, 6.45) is 4.88. The van der Waals surface area contributed by atoms with Crippen LogP contribution in [0, 0.1) is 0 Å². The van der Waals surface area contributed by atoms with Gasteiger partial charge in [0.05, 0.1) is 13.1 Å². The van der Waals surface area contributed by atoms with Crippen molar-refractivity contribution < 1.29 is 8.42 Å². The topological polar surface area (TPSA) is 104 Å². The lowest BCUT2D eigenvalue weighted by atomic mass is 10.2. The van der Waals surface area contributed by atoms with Crippen LogP contribution in [0.4, 0.5) is 0 Å². The fraction of sp³-hybridized carbons (Fsp3) is 0.421. The number of guanidine groups is 1. The number of piperidine rings is 1. The van der Waals surface area contributed by atoms with E-state index >= 15 is 0 Å². The maximum absolute atomic E-state index is 12.8. The van der Waals surface area contributed by atoms with Crippen LogP contribution in [0.2, 0.25) is 0 Å². The normalized spacial score (nSPS) is 16.1. The van der Waals surface area contributed by atoms with Crippen molar-refractivity contribution in [2.24, 2.45) is 4.99 Å². The average Bonchev–Trinajstić information content (AvgIpc) is 3.42. The SMILES string of the molecule is CN=C(NCc1ccc(S(=O)(=O)N2CCCCC2)s1)NCc1nnc2ccccn12. The second kappa shape index (κ2) is 9.11. The van der Waals surface area contributed by atoms with Gasteiger partial charge >= 0.3 is 0 Å². The van der Waals surface area contributed by atoms with E-state index in [2.05, 4.69) is 25.8 Å². The minimum atomic E-state index is -3.39. The molecule has 30 heavy (non-hydrogen) atoms. The maximum Gasteiger partial charge on any atom is 0.252 e. The highest BCUT2D eigenvalue weighted by molar-refractivity contribution is 7.91. The van der Waals surface area contributed by atoms with Gasteiger partial charge in [0.1, 0.15) is 4.21 Å². The van der Waals surface area contributed by atoms with E-state index in [0.717, 1.165) is 35.6 Å². The highest BCUT2D eigenvalue weighted by Crippen LogP contribution is 2.27. The summed E-state index contributed by atoms with van der Waals surface area (Å²) in [4.78, 5) is 5.16. The first-order valence-corrected chi connectivity index (χ1v) is 12.2. The number of nitrogens with one attached hydrogen (secondary N) is 2. The van der Waals surface area contributed by atoms with Crippen molar-refractivity contribution in [2.75, 3.05) is 20.1 Å². The zero-order valence-electron chi connectivity index (χ0n) is 16.8. The first-order valence-electron chi connectivity index (χ1n) is 9.90. The fourth-order valence-corrected chi connectivity index (χ4v) is 6.36. The summed E-state index contributed by atoms with van der Waals surface area (Å²) in [5, 5.41) is 14.8. The Morgan fingerprint density at radius 2 is 1.90 bits per heavy atom. The number of nitrogens with zero attached hydrogens (tertiary/aromatic N) is 5. The third kappa shape index (κ3) is 4.47. The molecule has 1 fully saturated rings. The summed E-state index contributed by atoms with van der Waals surface area (Å²) in [5.74, 6) is 1.39. The summed E-state index contributed by atoms with van der Waals surface area (Å²) in [6.45, 7) is 2.17. The Kier molecular flexibility index (Phi) is 6.30. The number of aliphatic imine (C=N–C) groups is 1. The van der Waals surface area contributed by atoms with Gasteiger partial charge in [-0.2, -0.15) is 4.31 Å². The van der Waals surface area contributed by atoms with Crippen LogP contribution >= 0.6 is 11.3 Å². The molecule has 2 N–H and O–H groups in total. The van der Waals surface area contributed by atoms with Crippen molar-refractivity contribution in [3.8, 4) is 0 Å². The van der Waals surface area contributed by atoms with Gasteiger partial charge in [-0.15, -0.1) is 21.5 Å². The molecule has 4 rings (SSSR count). The summed E-state index contributed by atoms with van der Waals surface area (Å²) in [7, 11) is -1.69. The minimum absolute atomic E-state index is 0.402. The van der Waals surface area contributed by atoms with E-state index in [1.54, 1.807) is 17.4 Å². The predicted octanol–water partition coefficient (Wildman–Crippen LogP) is 1.83. The van der Waals surface area contributed by atoms with Gasteiger partial charge < -0.3 is 10.6 Å². The van der Waals surface area contributed by atoms with Crippen LogP contribution in [-0.4, -0.2) is 53.4 Å². The Balaban J connectivity index is 1.34. The van der Waals surface area contributed by atoms with Crippen LogP contribution in [0.25, 0.3) is 5.65 Å². The van der Waals surface area contributed by atoms with Crippen molar-refractivity contribution in [3.05, 3.63) is 47.2 Å². The average molecular weight is 448 g/mol. The van der Waals surface area contributed by atoms with Gasteiger partial charge in [-0.1, -0.05) is 12.5 Å². The monoisotopic (exact) mass is 447 g/mol. The van der Waals surface area contributed by atoms with Gasteiger partial charge in [-0.05, 0) is 37.1 Å². The Labute approximate surface area is 179 Å². The molecular formula is C19H25N7O2S2. The molecule has 0 aromatic carbocycles. The van der Waals surface area contributed by atoms with E-state index in [0.29, 0.717) is 36.3 Å². The number of pyridine rings is 1. The van der Waals surface area contributed by atoms with E-state index in [-0.39, 0.29) is 0 Å². The fourth-order valence-electron chi connectivity index (χ4n) is 3.39. The molecule has 0 aliphatic carbocycles. The first-order chi connectivity index (χ1) is 14.6. The van der Waals surface area contributed by atoms with Gasteiger partial charge in [0.15, 0.2) is 17.4 Å². The highest BCUT2D eigenvalue weighted by atomic mass is 32.2. The van der Waals surface area contributed by atoms with E-state index in [4.69, 9.17) is 0 Å². The van der Waals surface area contributed by atoms with Crippen molar-refractivity contribution in [1.29, 1.82) is 0 Å². The second-order valence-electron chi connectivity index (χ2n) is 7.01. The Bertz CT molecular complexity index is 1130. The molecule has 0 bridgehead atoms. The van der Waals surface area contributed by atoms with E-state index in [1.165, 1.54) is 11.3 Å². The third-order valence-electron chi connectivity index (χ3n) is 5.00. The Morgan fingerprint density at radius 3 is 2.70 bits per heavy atom. The lowest BCUT2D eigenvalue weighted by Gasteiger charge is -2.25. The van der Waals surface area contributed by atoms with Crippen LogP contribution in [0.1, 0.15) is 30.0 Å². The Hall–Kier alpha value is -2.50. The zero-order chi connectivity index (χ0) is 21.0. The number of sulfonamides is 1. The molecule has 160 valence electrons. The Morgan fingerprint density at radius 1 is 1.10 bits per heavy atom. The van der Waals surface area contributed by atoms with E-state index < -0.39 is 10.0 Å². The molecule has 0 amide bonds. The van der Waals surface area contributed by atoms with Gasteiger partial charge in [-0.3, -0.25) is 9.39 Å². The van der Waals surface area contributed by atoms with Crippen LogP contribution in [0.5, 0.6) is 0 Å². The summed E-state index contributed by atoms with van der Waals surface area (Å²) < 4.78 is 29.5. The largest absolute Gasteiger partial charge is 0.352 e. The lowest BCUT2D eigenvalue weighted by Crippen LogP contribution is -2.36. The van der Waals surface area contributed by atoms with Crippen molar-refractivity contribution in [2.45, 2.75) is 36.6 Å². The van der Waals surface area contributed by atoms with Crippen molar-refractivity contribution >= 4 is 33.0 Å². The smallest absolute Gasteiger partial charge is 0.252 e. The van der Waals surface area contributed by atoms with Gasteiger partial charge in [0.2, 0.25) is 0 Å². The zero-order valence-corrected chi connectivity index (χ0v) is 18.4. The van der Waals surface area contributed by atoms with Crippen molar-refractivity contribution in [3.63, 3.8) is 0 Å². The number of thiophene rings is 1. The molecular weight excluding hydrogens is 422 g/mol. The van der Waals surface area contributed by atoms with Gasteiger partial charge in [0, 0.05) is 31.2 Å². The lowest BCUT2D eigenvalue weighted by molar-refractivity contribution is 0.347.